The first kappa shape index (κ1) is 51.1. The largest absolute Gasteiger partial charge is 0.289 e. The van der Waals surface area contributed by atoms with Gasteiger partial charge in [-0.25, -0.2) is 0 Å². The zero-order valence-corrected chi connectivity index (χ0v) is 45.7. The Hall–Kier alpha value is -10.4. The topological polar surface area (TPSA) is 51.2 Å². The van der Waals surface area contributed by atoms with Crippen LogP contribution in [0.25, 0.3) is 66.9 Å². The molecule has 13 rings (SSSR count). The highest BCUT2D eigenvalue weighted by Gasteiger charge is 2.39. The number of allylic oxidation sites excluding steroid dienone is 12. The summed E-state index contributed by atoms with van der Waals surface area (Å²) in [7, 11) is 0. The van der Waals surface area contributed by atoms with Gasteiger partial charge in [-0.15, -0.1) is 0 Å². The molecule has 0 spiro atoms. The van der Waals surface area contributed by atoms with Gasteiger partial charge in [0.2, 0.25) is 0 Å². The SMILES string of the molecule is CCc1ccc(C2=C(c3ccccc3)C(c3ccccc3)=C(c3ccc(C4=C(c5ccccc5)C(c5ccccc5)=C(c5ccc(C6=C(c7ccccc7)C(c7ccccc7)=C(c7ccc(CC)cc7)C6=O)cc5)C4=O)cc3)C2=O)cc1. The second-order valence-corrected chi connectivity index (χ2v) is 20.9. The number of ketones is 3. The van der Waals surface area contributed by atoms with E-state index < -0.39 is 0 Å². The number of carbonyl (C=O) groups is 3. The zero-order valence-electron chi connectivity index (χ0n) is 45.7. The van der Waals surface area contributed by atoms with E-state index in [4.69, 9.17) is 0 Å². The Labute approximate surface area is 479 Å². The van der Waals surface area contributed by atoms with E-state index in [9.17, 15) is 0 Å². The minimum atomic E-state index is -0.114. The summed E-state index contributed by atoms with van der Waals surface area (Å²) in [4.78, 5) is 46.9. The summed E-state index contributed by atoms with van der Waals surface area (Å²) in [5.41, 5.74) is 21.7. The van der Waals surface area contributed by atoms with Gasteiger partial charge in [0, 0.05) is 66.9 Å². The summed E-state index contributed by atoms with van der Waals surface area (Å²) in [5.74, 6) is -0.207. The highest BCUT2D eigenvalue weighted by Crippen LogP contribution is 2.54. The van der Waals surface area contributed by atoms with Gasteiger partial charge in [0.05, 0.1) is 0 Å². The maximum atomic E-state index is 16.0. The first-order valence-electron chi connectivity index (χ1n) is 28.2. The Morgan fingerprint density at radius 1 is 0.171 bits per heavy atom. The molecule has 0 saturated heterocycles. The van der Waals surface area contributed by atoms with Crippen LogP contribution < -0.4 is 0 Å². The summed E-state index contributed by atoms with van der Waals surface area (Å²) in [6.07, 6.45) is 1.79. The van der Waals surface area contributed by atoms with Crippen LogP contribution in [0.5, 0.6) is 0 Å². The molecule has 3 aliphatic rings. The average molecular weight is 1050 g/mol. The van der Waals surface area contributed by atoms with E-state index in [1.54, 1.807) is 0 Å². The van der Waals surface area contributed by atoms with Crippen LogP contribution in [0.1, 0.15) is 91.7 Å². The smallest absolute Gasteiger partial charge is 0.195 e. The van der Waals surface area contributed by atoms with E-state index in [2.05, 4.69) is 135 Å². The van der Waals surface area contributed by atoms with E-state index in [1.165, 1.54) is 11.1 Å². The summed E-state index contributed by atoms with van der Waals surface area (Å²) in [5, 5.41) is 0. The molecule has 0 radical (unpaired) electrons. The molecular formula is C79H56O3. The van der Waals surface area contributed by atoms with E-state index in [0.717, 1.165) is 113 Å². The van der Waals surface area contributed by atoms with Crippen LogP contribution in [0.4, 0.5) is 0 Å². The van der Waals surface area contributed by atoms with Gasteiger partial charge in [0.25, 0.3) is 0 Å². The Morgan fingerprint density at radius 2 is 0.305 bits per heavy atom. The second-order valence-electron chi connectivity index (χ2n) is 20.9. The van der Waals surface area contributed by atoms with Gasteiger partial charge in [-0.05, 0) is 90.7 Å². The molecule has 0 bridgehead atoms. The maximum Gasteiger partial charge on any atom is 0.195 e. The van der Waals surface area contributed by atoms with Crippen molar-refractivity contribution in [1.29, 1.82) is 0 Å². The first-order chi connectivity index (χ1) is 40.4. The number of hydrogen-bond acceptors (Lipinski definition) is 3. The van der Waals surface area contributed by atoms with Crippen molar-refractivity contribution in [1.82, 2.24) is 0 Å². The van der Waals surface area contributed by atoms with Crippen LogP contribution in [-0.2, 0) is 27.2 Å². The standard InChI is InChI=1S/C79H56O3/c1-3-51-35-39-59(40-36-51)71-65(53-23-11-5-12-24-53)67(55-27-15-7-16-28-55)73(77(71)80)61-43-47-63(48-44-61)75-69(57-31-19-9-20-32-57)70(58-33-21-10-22-34-58)76(79(75)82)64-49-45-62(46-50-64)74-68(56-29-17-8-18-30-56)66(54-25-13-6-14-26-54)72(78(74)81)60-41-37-52(4-2)38-42-60/h5-50H,3-4H2,1-2H3. The number of Topliss-reactive ketones (excluding diaryl/α,β-unsaturated/α-hetero) is 3. The van der Waals surface area contributed by atoms with Crippen molar-refractivity contribution >= 4 is 84.2 Å². The van der Waals surface area contributed by atoms with Gasteiger partial charge in [0.1, 0.15) is 0 Å². The van der Waals surface area contributed by atoms with Crippen LogP contribution in [0.2, 0.25) is 0 Å². The third-order valence-electron chi connectivity index (χ3n) is 16.2. The van der Waals surface area contributed by atoms with Crippen molar-refractivity contribution < 1.29 is 14.4 Å². The lowest BCUT2D eigenvalue weighted by Gasteiger charge is -2.15. The molecule has 0 N–H and O–H groups in total. The van der Waals surface area contributed by atoms with Crippen molar-refractivity contribution in [3.8, 4) is 0 Å². The Bertz CT molecular complexity index is 4030. The van der Waals surface area contributed by atoms with E-state index in [0.29, 0.717) is 33.4 Å². The quantitative estimate of drug-likeness (QED) is 0.109. The molecule has 0 fully saturated rings. The lowest BCUT2D eigenvalue weighted by Crippen LogP contribution is -2.05. The fourth-order valence-corrected chi connectivity index (χ4v) is 12.2. The van der Waals surface area contributed by atoms with Crippen LogP contribution in [0.3, 0.4) is 0 Å². The molecule has 0 aromatic heterocycles. The van der Waals surface area contributed by atoms with Crippen molar-refractivity contribution in [3.63, 3.8) is 0 Å². The van der Waals surface area contributed by atoms with Gasteiger partial charge in [0.15, 0.2) is 17.3 Å². The number of aryl methyl sites for hydroxylation is 2. The maximum absolute atomic E-state index is 16.0. The fraction of sp³-hybridized carbons (Fsp3) is 0.0506. The van der Waals surface area contributed by atoms with Gasteiger partial charge in [-0.1, -0.05) is 293 Å². The normalized spacial score (nSPS) is 14.6. The third-order valence-corrected chi connectivity index (χ3v) is 16.2. The molecule has 10 aromatic rings. The molecule has 0 amide bonds. The average Bonchev–Trinajstić information content (AvgIpc) is 2.78. The third kappa shape index (κ3) is 9.13. The number of rotatable bonds is 14. The Balaban J connectivity index is 0.949. The molecule has 82 heavy (non-hydrogen) atoms. The predicted octanol–water partition coefficient (Wildman–Crippen LogP) is 18.1. The predicted molar refractivity (Wildman–Crippen MR) is 339 cm³/mol. The van der Waals surface area contributed by atoms with Crippen molar-refractivity contribution in [2.24, 2.45) is 0 Å². The summed E-state index contributed by atoms with van der Waals surface area (Å²) in [6.45, 7) is 4.27. The Kier molecular flexibility index (Phi) is 13.7. The minimum Gasteiger partial charge on any atom is -0.289 e. The molecule has 0 unspecified atom stereocenters. The lowest BCUT2D eigenvalue weighted by molar-refractivity contribution is -0.109. The summed E-state index contributed by atoms with van der Waals surface area (Å²) in [6, 6.07) is 94.0. The molecule has 3 aliphatic carbocycles. The van der Waals surface area contributed by atoms with E-state index in [-0.39, 0.29) is 17.3 Å². The van der Waals surface area contributed by atoms with Gasteiger partial charge >= 0.3 is 0 Å². The van der Waals surface area contributed by atoms with Crippen LogP contribution in [-0.4, -0.2) is 17.3 Å². The molecular weight excluding hydrogens is 997 g/mol. The van der Waals surface area contributed by atoms with E-state index >= 15 is 14.4 Å². The molecule has 0 saturated carbocycles. The molecule has 3 heteroatoms. The highest BCUT2D eigenvalue weighted by atomic mass is 16.1. The van der Waals surface area contributed by atoms with Gasteiger partial charge in [-0.2, -0.15) is 0 Å². The van der Waals surface area contributed by atoms with Crippen molar-refractivity contribution in [3.05, 3.63) is 357 Å². The molecule has 0 heterocycles. The fourth-order valence-electron chi connectivity index (χ4n) is 12.2. The van der Waals surface area contributed by atoms with E-state index in [1.807, 2.05) is 158 Å². The van der Waals surface area contributed by atoms with Crippen molar-refractivity contribution in [2.75, 3.05) is 0 Å². The molecule has 390 valence electrons. The van der Waals surface area contributed by atoms with Crippen LogP contribution >= 0.6 is 0 Å². The summed E-state index contributed by atoms with van der Waals surface area (Å²) >= 11 is 0. The second kappa shape index (κ2) is 22.1. The van der Waals surface area contributed by atoms with Crippen LogP contribution in [0.15, 0.2) is 279 Å². The first-order valence-corrected chi connectivity index (χ1v) is 28.2. The van der Waals surface area contributed by atoms with Crippen LogP contribution in [0, 0.1) is 0 Å². The lowest BCUT2D eigenvalue weighted by atomic mass is 9.88. The monoisotopic (exact) mass is 1050 g/mol. The molecule has 0 aliphatic heterocycles. The number of carbonyl (C=O) groups excluding carboxylic acids is 3. The molecule has 3 nitrogen and oxygen atoms in total. The minimum absolute atomic E-state index is 0.0468. The van der Waals surface area contributed by atoms with Gasteiger partial charge < -0.3 is 0 Å². The van der Waals surface area contributed by atoms with Crippen molar-refractivity contribution in [2.45, 2.75) is 26.7 Å². The molecule has 10 aromatic carbocycles. The van der Waals surface area contributed by atoms with Gasteiger partial charge in [-0.3, -0.25) is 14.4 Å². The number of hydrogen-bond donors (Lipinski definition) is 0. The summed E-state index contributed by atoms with van der Waals surface area (Å²) < 4.78 is 0. The Morgan fingerprint density at radius 3 is 0.451 bits per heavy atom. The zero-order chi connectivity index (χ0) is 55.7. The highest BCUT2D eigenvalue weighted by molar-refractivity contribution is 6.61. The molecule has 0 atom stereocenters. The number of benzene rings is 10.